The van der Waals surface area contributed by atoms with E-state index in [4.69, 9.17) is 23.7 Å². The first-order valence-electron chi connectivity index (χ1n) is 21.0. The standard InChI is InChI=1S/C47H59NO9/c1-44(2,3)56-40(50)18-16-34(27-49)48-42(51)33-22-37(41-38(23-33)54-47(57-41)24-31-9-7-8-10-32(31)25-47)53-43(52)29-13-11-28(12-14-29)21-30-15-17-39-46(6,55-39)20-19-36-35(30)26-45(36,4)5/h7-14,21,23,34-39,41,49H,15-20,22,24-27H2,1-6H3,(H,48,51)/t34-,35+,36+,37+,38+,39?,41-,46+/m0/s1. The van der Waals surface area contributed by atoms with Gasteiger partial charge in [0.25, 0.3) is 0 Å². The Balaban J connectivity index is 0.970. The zero-order valence-corrected chi connectivity index (χ0v) is 34.3. The Bertz CT molecular complexity index is 1920. The van der Waals surface area contributed by atoms with Gasteiger partial charge in [-0.25, -0.2) is 4.79 Å². The first-order valence-corrected chi connectivity index (χ1v) is 21.0. The molecule has 1 amide bonds. The number of aliphatic hydroxyl groups excluding tert-OH is 1. The van der Waals surface area contributed by atoms with Gasteiger partial charge in [-0.05, 0) is 118 Å². The van der Waals surface area contributed by atoms with Gasteiger partial charge in [0.2, 0.25) is 5.91 Å². The number of benzene rings is 2. The lowest BCUT2D eigenvalue weighted by atomic mass is 9.52. The fraction of sp³-hybridized carbons (Fsp3) is 0.596. The molecule has 2 heterocycles. The maximum Gasteiger partial charge on any atom is 0.338 e. The zero-order valence-electron chi connectivity index (χ0n) is 34.3. The van der Waals surface area contributed by atoms with Crippen molar-refractivity contribution in [3.63, 3.8) is 0 Å². The zero-order chi connectivity index (χ0) is 40.3. The third-order valence-corrected chi connectivity index (χ3v) is 13.3. The second-order valence-corrected chi connectivity index (χ2v) is 19.3. The number of aliphatic hydroxyl groups is 1. The number of nitrogens with one attached hydrogen (secondary N) is 1. The highest BCUT2D eigenvalue weighted by atomic mass is 16.8. The first kappa shape index (κ1) is 40.0. The summed E-state index contributed by atoms with van der Waals surface area (Å²) >= 11 is 0. The van der Waals surface area contributed by atoms with Crippen molar-refractivity contribution in [2.45, 2.75) is 153 Å². The summed E-state index contributed by atoms with van der Waals surface area (Å²) in [5.74, 6) is -1.04. The number of fused-ring (bicyclic) bond motifs is 4. The summed E-state index contributed by atoms with van der Waals surface area (Å²) in [5, 5.41) is 13.0. The number of epoxide rings is 1. The van der Waals surface area contributed by atoms with Crippen molar-refractivity contribution in [2.75, 3.05) is 6.61 Å². The van der Waals surface area contributed by atoms with Gasteiger partial charge in [0.15, 0.2) is 5.79 Å². The Kier molecular flexibility index (Phi) is 10.6. The molecule has 2 aromatic carbocycles. The van der Waals surface area contributed by atoms with Crippen LogP contribution in [0.5, 0.6) is 0 Å². The molecule has 2 N–H and O–H groups in total. The highest BCUT2D eigenvalue weighted by Crippen LogP contribution is 2.60. The van der Waals surface area contributed by atoms with Crippen LogP contribution in [0.4, 0.5) is 0 Å². The molecule has 0 aromatic heterocycles. The molecule has 0 radical (unpaired) electrons. The van der Waals surface area contributed by atoms with E-state index in [1.54, 1.807) is 26.8 Å². The summed E-state index contributed by atoms with van der Waals surface area (Å²) in [6.07, 6.45) is 9.37. The molecule has 8 atom stereocenters. The second kappa shape index (κ2) is 15.1. The Morgan fingerprint density at radius 3 is 2.37 bits per heavy atom. The van der Waals surface area contributed by atoms with Crippen molar-refractivity contribution in [2.24, 2.45) is 17.3 Å². The number of esters is 2. The van der Waals surface area contributed by atoms with Crippen LogP contribution in [0.25, 0.3) is 6.08 Å². The van der Waals surface area contributed by atoms with Crippen LogP contribution in [0.1, 0.15) is 120 Å². The van der Waals surface area contributed by atoms with Crippen LogP contribution in [0, 0.1) is 17.3 Å². The third kappa shape index (κ3) is 8.52. The van der Waals surface area contributed by atoms with Gasteiger partial charge in [-0.1, -0.05) is 61.9 Å². The largest absolute Gasteiger partial charge is 0.460 e. The summed E-state index contributed by atoms with van der Waals surface area (Å²) in [4.78, 5) is 40.0. The molecular formula is C47H59NO9. The van der Waals surface area contributed by atoms with E-state index >= 15 is 0 Å². The van der Waals surface area contributed by atoms with Gasteiger partial charge in [-0.15, -0.1) is 0 Å². The number of ether oxygens (including phenoxy) is 5. The lowest BCUT2D eigenvalue weighted by Crippen LogP contribution is -2.45. The van der Waals surface area contributed by atoms with Gasteiger partial charge in [0.1, 0.15) is 23.9 Å². The Morgan fingerprint density at radius 1 is 0.982 bits per heavy atom. The van der Waals surface area contributed by atoms with Gasteiger partial charge in [0.05, 0.1) is 29.9 Å². The van der Waals surface area contributed by atoms with E-state index in [1.165, 1.54) is 18.4 Å². The molecule has 2 aliphatic heterocycles. The van der Waals surface area contributed by atoms with E-state index in [-0.39, 0.29) is 31.5 Å². The lowest BCUT2D eigenvalue weighted by molar-refractivity contribution is -0.172. The van der Waals surface area contributed by atoms with Crippen molar-refractivity contribution >= 4 is 23.9 Å². The van der Waals surface area contributed by atoms with Crippen LogP contribution in [-0.2, 0) is 46.1 Å². The molecule has 1 spiro atoms. The van der Waals surface area contributed by atoms with Crippen molar-refractivity contribution < 1.29 is 43.2 Å². The summed E-state index contributed by atoms with van der Waals surface area (Å²) < 4.78 is 31.1. The predicted octanol–water partition coefficient (Wildman–Crippen LogP) is 7.20. The van der Waals surface area contributed by atoms with Crippen LogP contribution in [0.15, 0.2) is 65.8 Å². The number of amides is 1. The molecule has 2 saturated carbocycles. The van der Waals surface area contributed by atoms with Crippen LogP contribution in [0.3, 0.4) is 0 Å². The average molecular weight is 782 g/mol. The molecule has 4 aliphatic carbocycles. The minimum atomic E-state index is -0.933. The molecule has 6 aliphatic rings. The lowest BCUT2D eigenvalue weighted by Gasteiger charge is -2.53. The smallest absolute Gasteiger partial charge is 0.338 e. The SMILES string of the molecule is CC(C)(C)OC(=O)CC[C@@H](CO)NC(=O)C1=C[C@H]2OC3(Cc4ccccc4C3)O[C@H]2[C@H](OC(=O)c2ccc(C=C3CCC4O[C@]4(C)CC[C@@H]4[C@@H]3CC4(C)C)cc2)C1. The molecule has 10 nitrogen and oxygen atoms in total. The van der Waals surface area contributed by atoms with Crippen LogP contribution in [-0.4, -0.2) is 77.0 Å². The van der Waals surface area contributed by atoms with Crippen molar-refractivity contribution in [1.29, 1.82) is 0 Å². The minimum Gasteiger partial charge on any atom is -0.460 e. The second-order valence-electron chi connectivity index (χ2n) is 19.3. The number of allylic oxidation sites excluding steroid dienone is 1. The van der Waals surface area contributed by atoms with Gasteiger partial charge in [0, 0.05) is 31.3 Å². The fourth-order valence-electron chi connectivity index (χ4n) is 10.2. The molecule has 1 unspecified atom stereocenters. The molecule has 10 heteroatoms. The van der Waals surface area contributed by atoms with Gasteiger partial charge in [-0.3, -0.25) is 9.59 Å². The molecular weight excluding hydrogens is 723 g/mol. The van der Waals surface area contributed by atoms with Crippen molar-refractivity contribution in [3.05, 3.63) is 88.0 Å². The normalized spacial score (nSPS) is 31.8. The Labute approximate surface area is 336 Å². The number of hydrogen-bond acceptors (Lipinski definition) is 9. The molecule has 8 rings (SSSR count). The van der Waals surface area contributed by atoms with Crippen LogP contribution < -0.4 is 5.32 Å². The third-order valence-electron chi connectivity index (χ3n) is 13.3. The minimum absolute atomic E-state index is 0.0375. The highest BCUT2D eigenvalue weighted by Gasteiger charge is 2.57. The van der Waals surface area contributed by atoms with Gasteiger partial charge in [-0.2, -0.15) is 0 Å². The van der Waals surface area contributed by atoms with E-state index in [0.717, 1.165) is 36.0 Å². The summed E-state index contributed by atoms with van der Waals surface area (Å²) in [7, 11) is 0. The first-order chi connectivity index (χ1) is 27.0. The van der Waals surface area contributed by atoms with Crippen LogP contribution in [0.2, 0.25) is 0 Å². The monoisotopic (exact) mass is 781 g/mol. The maximum absolute atomic E-state index is 13.9. The number of rotatable bonds is 9. The Hall–Kier alpha value is -3.83. The van der Waals surface area contributed by atoms with Gasteiger partial charge < -0.3 is 34.1 Å². The molecule has 0 bridgehead atoms. The number of carbonyl (C=O) groups excluding carboxylic acids is 3. The van der Waals surface area contributed by atoms with Crippen molar-refractivity contribution in [1.82, 2.24) is 5.32 Å². The number of hydrogen-bond donors (Lipinski definition) is 2. The molecule has 2 saturated heterocycles. The quantitative estimate of drug-likeness (QED) is 0.200. The van der Waals surface area contributed by atoms with Gasteiger partial charge >= 0.3 is 11.9 Å². The van der Waals surface area contributed by atoms with Crippen molar-refractivity contribution in [3.8, 4) is 0 Å². The summed E-state index contributed by atoms with van der Waals surface area (Å²) in [6.45, 7) is 12.1. The van der Waals surface area contributed by atoms with E-state index in [2.05, 4.69) is 44.3 Å². The Morgan fingerprint density at radius 2 is 1.70 bits per heavy atom. The molecule has 2 aromatic rings. The van der Waals surface area contributed by atoms with E-state index in [9.17, 15) is 19.5 Å². The predicted molar refractivity (Wildman–Crippen MR) is 214 cm³/mol. The molecule has 57 heavy (non-hydrogen) atoms. The maximum atomic E-state index is 13.9. The van der Waals surface area contributed by atoms with E-state index < -0.39 is 53.6 Å². The summed E-state index contributed by atoms with van der Waals surface area (Å²) in [6, 6.07) is 15.1. The molecule has 306 valence electrons. The van der Waals surface area contributed by atoms with Crippen LogP contribution >= 0.6 is 0 Å². The van der Waals surface area contributed by atoms with E-state index in [1.807, 2.05) is 36.4 Å². The molecule has 4 fully saturated rings. The number of carbonyl (C=O) groups is 3. The topological polar surface area (TPSA) is 133 Å². The summed E-state index contributed by atoms with van der Waals surface area (Å²) in [5.41, 5.74) is 5.34. The average Bonchev–Trinajstić information content (AvgIpc) is 3.44. The fourth-order valence-corrected chi connectivity index (χ4v) is 10.2. The van der Waals surface area contributed by atoms with E-state index in [0.29, 0.717) is 47.3 Å². The highest BCUT2D eigenvalue weighted by molar-refractivity contribution is 5.94.